The van der Waals surface area contributed by atoms with Crippen molar-refractivity contribution in [2.24, 2.45) is 17.8 Å². The number of carboxylic acid groups (broad SMARTS) is 1. The van der Waals surface area contributed by atoms with Gasteiger partial charge in [-0.05, 0) is 61.5 Å². The minimum atomic E-state index is -1.29. The van der Waals surface area contributed by atoms with Crippen molar-refractivity contribution in [1.29, 1.82) is 0 Å². The van der Waals surface area contributed by atoms with Gasteiger partial charge in [0.25, 0.3) is 0 Å². The van der Waals surface area contributed by atoms with Gasteiger partial charge < -0.3 is 20.5 Å². The van der Waals surface area contributed by atoms with Crippen molar-refractivity contribution in [3.63, 3.8) is 0 Å². The van der Waals surface area contributed by atoms with Gasteiger partial charge in [0, 0.05) is 6.04 Å². The highest BCUT2D eigenvalue weighted by Crippen LogP contribution is 2.39. The van der Waals surface area contributed by atoms with E-state index in [1.165, 1.54) is 11.1 Å². The van der Waals surface area contributed by atoms with Crippen LogP contribution in [0.25, 0.3) is 0 Å². The lowest BCUT2D eigenvalue weighted by atomic mass is 9.80. The zero-order valence-corrected chi connectivity index (χ0v) is 14.6. The Kier molecular flexibility index (Phi) is 6.15. The molecule has 0 amide bonds. The van der Waals surface area contributed by atoms with Gasteiger partial charge in [-0.2, -0.15) is 0 Å². The van der Waals surface area contributed by atoms with Crippen LogP contribution in [0.3, 0.4) is 0 Å². The van der Waals surface area contributed by atoms with E-state index in [0.717, 1.165) is 38.6 Å². The first kappa shape index (κ1) is 18.4. The second-order valence-electron chi connectivity index (χ2n) is 7.74. The van der Waals surface area contributed by atoms with Gasteiger partial charge >= 0.3 is 13.1 Å². The summed E-state index contributed by atoms with van der Waals surface area (Å²) in [5.74, 6) is -0.439. The summed E-state index contributed by atoms with van der Waals surface area (Å²) < 4.78 is 0. The minimum absolute atomic E-state index is 0.156. The van der Waals surface area contributed by atoms with Gasteiger partial charge in [-0.1, -0.05) is 37.1 Å². The van der Waals surface area contributed by atoms with Crippen molar-refractivity contribution in [3.05, 3.63) is 35.4 Å². The van der Waals surface area contributed by atoms with E-state index < -0.39 is 13.1 Å². The molecule has 1 fully saturated rings. The Bertz CT molecular complexity index is 570. The monoisotopic (exact) mass is 345 g/mol. The Balaban J connectivity index is 1.46. The SMILES string of the molecule is O=C(O)C1CC(CNC2Cc3ccccc3C2)CC1CCCB(O)O. The third kappa shape index (κ3) is 4.84. The fraction of sp³-hybridized carbons (Fsp3) is 0.632. The van der Waals surface area contributed by atoms with Crippen molar-refractivity contribution in [1.82, 2.24) is 5.32 Å². The summed E-state index contributed by atoms with van der Waals surface area (Å²) in [4.78, 5) is 11.5. The number of rotatable bonds is 8. The maximum atomic E-state index is 11.5. The second-order valence-corrected chi connectivity index (χ2v) is 7.74. The molecule has 0 spiro atoms. The van der Waals surface area contributed by atoms with Crippen molar-refractivity contribution in [3.8, 4) is 0 Å². The third-order valence-corrected chi connectivity index (χ3v) is 5.89. The standard InChI is InChI=1S/C19H28BNO4/c22-19(23)18-9-13(8-16(18)6-3-7-20(24)25)12-21-17-10-14-4-1-2-5-15(14)11-17/h1-2,4-5,13,16-18,21,24-25H,3,6-12H2,(H,22,23). The van der Waals surface area contributed by atoms with E-state index >= 15 is 0 Å². The fourth-order valence-corrected chi connectivity index (χ4v) is 4.63. The van der Waals surface area contributed by atoms with Gasteiger partial charge in [-0.15, -0.1) is 0 Å². The molecule has 4 N–H and O–H groups in total. The van der Waals surface area contributed by atoms with E-state index in [1.54, 1.807) is 0 Å². The normalized spacial score (nSPS) is 25.9. The molecular formula is C19H28BNO4. The molecule has 3 rings (SSSR count). The van der Waals surface area contributed by atoms with Crippen LogP contribution in [-0.4, -0.2) is 40.8 Å². The van der Waals surface area contributed by atoms with Crippen LogP contribution in [0.2, 0.25) is 6.32 Å². The Hall–Kier alpha value is -1.37. The van der Waals surface area contributed by atoms with Crippen LogP contribution in [0.1, 0.15) is 36.8 Å². The summed E-state index contributed by atoms with van der Waals surface area (Å²) in [5, 5.41) is 31.1. The molecule has 3 atom stereocenters. The number of carbonyl (C=O) groups is 1. The maximum Gasteiger partial charge on any atom is 0.451 e. The number of hydrogen-bond acceptors (Lipinski definition) is 4. The molecule has 5 nitrogen and oxygen atoms in total. The summed E-state index contributed by atoms with van der Waals surface area (Å²) in [5.41, 5.74) is 2.85. The van der Waals surface area contributed by atoms with E-state index in [-0.39, 0.29) is 11.8 Å². The molecule has 3 unspecified atom stereocenters. The van der Waals surface area contributed by atoms with Gasteiger partial charge in [-0.25, -0.2) is 0 Å². The summed E-state index contributed by atoms with van der Waals surface area (Å²) in [6, 6.07) is 9.02. The van der Waals surface area contributed by atoms with Crippen LogP contribution in [0, 0.1) is 17.8 Å². The van der Waals surface area contributed by atoms with Gasteiger partial charge in [0.1, 0.15) is 0 Å². The molecule has 136 valence electrons. The Labute approximate surface area is 149 Å². The van der Waals surface area contributed by atoms with E-state index in [2.05, 4.69) is 29.6 Å². The molecule has 25 heavy (non-hydrogen) atoms. The quantitative estimate of drug-likeness (QED) is 0.539. The summed E-state index contributed by atoms with van der Waals surface area (Å²) in [6.45, 7) is 0.877. The highest BCUT2D eigenvalue weighted by molar-refractivity contribution is 6.40. The molecule has 1 aromatic carbocycles. The van der Waals surface area contributed by atoms with E-state index in [9.17, 15) is 9.90 Å². The predicted octanol–water partition coefficient (Wildman–Crippen LogP) is 1.72. The van der Waals surface area contributed by atoms with E-state index in [0.29, 0.717) is 24.7 Å². The Morgan fingerprint density at radius 3 is 2.44 bits per heavy atom. The molecule has 0 saturated heterocycles. The lowest BCUT2D eigenvalue weighted by Crippen LogP contribution is -2.33. The number of aliphatic carboxylic acids is 1. The zero-order valence-electron chi connectivity index (χ0n) is 14.6. The topological polar surface area (TPSA) is 89.8 Å². The van der Waals surface area contributed by atoms with Crippen LogP contribution < -0.4 is 5.32 Å². The molecule has 1 saturated carbocycles. The molecule has 0 aromatic heterocycles. The third-order valence-electron chi connectivity index (χ3n) is 5.89. The largest absolute Gasteiger partial charge is 0.481 e. The van der Waals surface area contributed by atoms with E-state index in [1.807, 2.05) is 0 Å². The average Bonchev–Trinajstić information content (AvgIpc) is 3.16. The first-order valence-corrected chi connectivity index (χ1v) is 9.42. The molecular weight excluding hydrogens is 317 g/mol. The summed E-state index contributed by atoms with van der Waals surface area (Å²) >= 11 is 0. The summed E-state index contributed by atoms with van der Waals surface area (Å²) in [6.07, 6.45) is 5.53. The molecule has 0 heterocycles. The lowest BCUT2D eigenvalue weighted by molar-refractivity contribution is -0.143. The van der Waals surface area contributed by atoms with Gasteiger partial charge in [0.2, 0.25) is 0 Å². The molecule has 2 aliphatic carbocycles. The highest BCUT2D eigenvalue weighted by atomic mass is 16.4. The average molecular weight is 345 g/mol. The number of hydrogen-bond donors (Lipinski definition) is 4. The van der Waals surface area contributed by atoms with E-state index in [4.69, 9.17) is 10.0 Å². The van der Waals surface area contributed by atoms with Crippen molar-refractivity contribution in [2.75, 3.05) is 6.54 Å². The Morgan fingerprint density at radius 2 is 1.84 bits per heavy atom. The summed E-state index contributed by atoms with van der Waals surface area (Å²) in [7, 11) is -1.29. The molecule has 6 heteroatoms. The van der Waals surface area contributed by atoms with Crippen LogP contribution in [0.15, 0.2) is 24.3 Å². The number of benzene rings is 1. The zero-order chi connectivity index (χ0) is 17.8. The van der Waals surface area contributed by atoms with Crippen LogP contribution in [0.5, 0.6) is 0 Å². The van der Waals surface area contributed by atoms with Gasteiger partial charge in [0.05, 0.1) is 5.92 Å². The first-order valence-electron chi connectivity index (χ1n) is 9.42. The van der Waals surface area contributed by atoms with Gasteiger partial charge in [-0.3, -0.25) is 4.79 Å². The minimum Gasteiger partial charge on any atom is -0.481 e. The molecule has 0 bridgehead atoms. The van der Waals surface area contributed by atoms with Crippen LogP contribution >= 0.6 is 0 Å². The number of fused-ring (bicyclic) bond motifs is 1. The van der Waals surface area contributed by atoms with Crippen LogP contribution in [-0.2, 0) is 17.6 Å². The number of carboxylic acids is 1. The predicted molar refractivity (Wildman–Crippen MR) is 97.2 cm³/mol. The lowest BCUT2D eigenvalue weighted by Gasteiger charge is -2.16. The molecule has 1 aromatic rings. The van der Waals surface area contributed by atoms with Crippen LogP contribution in [0.4, 0.5) is 0 Å². The molecule has 0 radical (unpaired) electrons. The highest BCUT2D eigenvalue weighted by Gasteiger charge is 2.38. The van der Waals surface area contributed by atoms with Crippen molar-refractivity contribution >= 4 is 13.1 Å². The second kappa shape index (κ2) is 8.34. The maximum absolute atomic E-state index is 11.5. The van der Waals surface area contributed by atoms with Crippen molar-refractivity contribution < 1.29 is 19.9 Å². The van der Waals surface area contributed by atoms with Crippen molar-refractivity contribution in [2.45, 2.75) is 50.9 Å². The molecule has 2 aliphatic rings. The smallest absolute Gasteiger partial charge is 0.451 e. The van der Waals surface area contributed by atoms with Gasteiger partial charge in [0.15, 0.2) is 0 Å². The molecule has 0 aliphatic heterocycles. The first-order chi connectivity index (χ1) is 12.0. The fourth-order valence-electron chi connectivity index (χ4n) is 4.63. The number of nitrogens with one attached hydrogen (secondary N) is 1. The Morgan fingerprint density at radius 1 is 1.16 bits per heavy atom.